The number of rotatable bonds is 6. The summed E-state index contributed by atoms with van der Waals surface area (Å²) in [5.41, 5.74) is 2.97. The molecule has 0 saturated heterocycles. The van der Waals surface area contributed by atoms with Gasteiger partial charge in [0.25, 0.3) is 0 Å². The Bertz CT molecular complexity index is 803. The van der Waals surface area contributed by atoms with Crippen molar-refractivity contribution in [3.05, 3.63) is 47.0 Å². The van der Waals surface area contributed by atoms with Gasteiger partial charge >= 0.3 is 0 Å². The zero-order chi connectivity index (χ0) is 19.6. The van der Waals surface area contributed by atoms with Crippen LogP contribution in [0.2, 0.25) is 0 Å². The number of fused-ring (bicyclic) bond motifs is 1. The maximum atomic E-state index is 10.1. The molecule has 3 N–H and O–H groups in total. The molecule has 1 aliphatic rings. The van der Waals surface area contributed by atoms with Crippen LogP contribution in [0.15, 0.2) is 30.3 Å². The minimum atomic E-state index is -0.176. The van der Waals surface area contributed by atoms with Gasteiger partial charge in [0.15, 0.2) is 23.0 Å². The van der Waals surface area contributed by atoms with E-state index in [-0.39, 0.29) is 36.7 Å². The third-order valence-electron chi connectivity index (χ3n) is 5.50. The number of ether oxygens (including phenoxy) is 3. The maximum Gasteiger partial charge on any atom is 0.161 e. The third-order valence-corrected chi connectivity index (χ3v) is 5.50. The minimum Gasteiger partial charge on any atom is -0.504 e. The predicted molar refractivity (Wildman–Crippen MR) is 101 cm³/mol. The van der Waals surface area contributed by atoms with Crippen LogP contribution in [0.1, 0.15) is 22.6 Å². The predicted octanol–water partition coefficient (Wildman–Crippen LogP) is 2.32. The van der Waals surface area contributed by atoms with Gasteiger partial charge in [-0.05, 0) is 59.2 Å². The lowest BCUT2D eigenvalue weighted by atomic mass is 9.67. The monoisotopic (exact) mass is 374 g/mol. The number of aliphatic hydroxyl groups excluding tert-OH is 2. The number of phenolic OH excluding ortho intramolecular Hbond substituents is 1. The molecule has 0 amide bonds. The van der Waals surface area contributed by atoms with Gasteiger partial charge in [-0.25, -0.2) is 0 Å². The maximum absolute atomic E-state index is 10.1. The van der Waals surface area contributed by atoms with E-state index in [4.69, 9.17) is 14.2 Å². The quantitative estimate of drug-likeness (QED) is 0.719. The molecule has 0 saturated carbocycles. The molecule has 2 unspecified atom stereocenters. The summed E-state index contributed by atoms with van der Waals surface area (Å²) in [7, 11) is 4.68. The van der Waals surface area contributed by atoms with Gasteiger partial charge in [0.1, 0.15) is 0 Å². The van der Waals surface area contributed by atoms with Crippen molar-refractivity contribution in [2.45, 2.75) is 12.3 Å². The van der Waals surface area contributed by atoms with Crippen molar-refractivity contribution in [3.8, 4) is 23.0 Å². The van der Waals surface area contributed by atoms with Gasteiger partial charge in [-0.1, -0.05) is 6.07 Å². The van der Waals surface area contributed by atoms with Crippen molar-refractivity contribution < 1.29 is 29.5 Å². The highest BCUT2D eigenvalue weighted by molar-refractivity contribution is 5.54. The average molecular weight is 374 g/mol. The highest BCUT2D eigenvalue weighted by Gasteiger charge is 2.38. The molecule has 0 aromatic heterocycles. The van der Waals surface area contributed by atoms with Crippen LogP contribution in [0.3, 0.4) is 0 Å². The van der Waals surface area contributed by atoms with Gasteiger partial charge in [-0.2, -0.15) is 0 Å². The Morgan fingerprint density at radius 2 is 1.56 bits per heavy atom. The molecule has 146 valence electrons. The van der Waals surface area contributed by atoms with E-state index < -0.39 is 0 Å². The standard InChI is InChI=1S/C21H26O6/c1-25-18-7-12(4-5-17(18)24)21-15-9-20(27-3)19(26-2)8-13(15)6-14(10-22)16(21)11-23/h4-5,7-9,14,16,21-24H,6,10-11H2,1-3H3/t14-,16?,21?/m1/s1. The fraction of sp³-hybridized carbons (Fsp3) is 0.429. The second-order valence-electron chi connectivity index (χ2n) is 6.81. The first-order valence-corrected chi connectivity index (χ1v) is 8.91. The summed E-state index contributed by atoms with van der Waals surface area (Å²) >= 11 is 0. The van der Waals surface area contributed by atoms with E-state index in [1.807, 2.05) is 18.2 Å². The van der Waals surface area contributed by atoms with Crippen molar-refractivity contribution >= 4 is 0 Å². The molecule has 2 aromatic rings. The second kappa shape index (κ2) is 8.06. The molecule has 0 fully saturated rings. The Balaban J connectivity index is 2.20. The summed E-state index contributed by atoms with van der Waals surface area (Å²) < 4.78 is 16.2. The van der Waals surface area contributed by atoms with Crippen molar-refractivity contribution in [3.63, 3.8) is 0 Å². The molecule has 0 radical (unpaired) electrons. The Labute approximate surface area is 158 Å². The van der Waals surface area contributed by atoms with Crippen molar-refractivity contribution in [1.82, 2.24) is 0 Å². The number of hydrogen-bond donors (Lipinski definition) is 3. The molecule has 2 aromatic carbocycles. The van der Waals surface area contributed by atoms with E-state index in [1.165, 1.54) is 7.11 Å². The number of aliphatic hydroxyl groups is 2. The van der Waals surface area contributed by atoms with Crippen LogP contribution in [0.5, 0.6) is 23.0 Å². The van der Waals surface area contributed by atoms with E-state index >= 15 is 0 Å². The van der Waals surface area contributed by atoms with Crippen LogP contribution in [0.25, 0.3) is 0 Å². The van der Waals surface area contributed by atoms with Gasteiger partial charge in [-0.3, -0.25) is 0 Å². The molecule has 3 atom stereocenters. The topological polar surface area (TPSA) is 88.4 Å². The summed E-state index contributed by atoms with van der Waals surface area (Å²) in [6.07, 6.45) is 0.642. The zero-order valence-electron chi connectivity index (χ0n) is 15.8. The molecular formula is C21H26O6. The highest BCUT2D eigenvalue weighted by Crippen LogP contribution is 2.47. The molecule has 6 heteroatoms. The van der Waals surface area contributed by atoms with E-state index in [9.17, 15) is 15.3 Å². The van der Waals surface area contributed by atoms with Gasteiger partial charge < -0.3 is 29.5 Å². The van der Waals surface area contributed by atoms with E-state index in [0.29, 0.717) is 23.7 Å². The van der Waals surface area contributed by atoms with Crippen LogP contribution in [-0.4, -0.2) is 49.9 Å². The molecule has 3 rings (SSSR count). The lowest BCUT2D eigenvalue weighted by Crippen LogP contribution is -2.35. The first-order chi connectivity index (χ1) is 13.1. The van der Waals surface area contributed by atoms with Gasteiger partial charge in [0.05, 0.1) is 21.3 Å². The molecule has 27 heavy (non-hydrogen) atoms. The minimum absolute atomic E-state index is 0.0231. The molecule has 1 aliphatic carbocycles. The van der Waals surface area contributed by atoms with E-state index in [1.54, 1.807) is 26.4 Å². The van der Waals surface area contributed by atoms with Crippen LogP contribution in [0.4, 0.5) is 0 Å². The number of aromatic hydroxyl groups is 1. The summed E-state index contributed by atoms with van der Waals surface area (Å²) in [5, 5.41) is 30.0. The van der Waals surface area contributed by atoms with Crippen LogP contribution >= 0.6 is 0 Å². The van der Waals surface area contributed by atoms with Crippen LogP contribution in [-0.2, 0) is 6.42 Å². The van der Waals surface area contributed by atoms with Gasteiger partial charge in [0, 0.05) is 19.1 Å². The lowest BCUT2D eigenvalue weighted by Gasteiger charge is -2.39. The third kappa shape index (κ3) is 3.42. The number of phenols is 1. The van der Waals surface area contributed by atoms with E-state index in [2.05, 4.69) is 0 Å². The number of hydrogen-bond acceptors (Lipinski definition) is 6. The summed E-state index contributed by atoms with van der Waals surface area (Å²) in [4.78, 5) is 0. The Hall–Kier alpha value is -2.44. The lowest BCUT2D eigenvalue weighted by molar-refractivity contribution is 0.101. The summed E-state index contributed by atoms with van der Waals surface area (Å²) in [6.45, 7) is -0.0857. The molecule has 0 bridgehead atoms. The second-order valence-corrected chi connectivity index (χ2v) is 6.81. The summed E-state index contributed by atoms with van der Waals surface area (Å²) in [5.74, 6) is 1.25. The average Bonchev–Trinajstić information content (AvgIpc) is 2.71. The molecule has 0 heterocycles. The fourth-order valence-corrected chi connectivity index (χ4v) is 4.11. The summed E-state index contributed by atoms with van der Waals surface area (Å²) in [6, 6.07) is 9.07. The first-order valence-electron chi connectivity index (χ1n) is 8.91. The fourth-order valence-electron chi connectivity index (χ4n) is 4.11. The SMILES string of the molecule is COc1cc(C2c3cc(OC)c(OC)cc3C[C@H](CO)C2CO)ccc1O. The highest BCUT2D eigenvalue weighted by atomic mass is 16.5. The molecular weight excluding hydrogens is 348 g/mol. The van der Waals surface area contributed by atoms with Crippen LogP contribution < -0.4 is 14.2 Å². The van der Waals surface area contributed by atoms with Crippen LogP contribution in [0, 0.1) is 11.8 Å². The molecule has 0 aliphatic heterocycles. The van der Waals surface area contributed by atoms with Gasteiger partial charge in [0.2, 0.25) is 0 Å². The first kappa shape index (κ1) is 19.3. The number of methoxy groups -OCH3 is 3. The smallest absolute Gasteiger partial charge is 0.161 e. The van der Waals surface area contributed by atoms with E-state index in [0.717, 1.165) is 16.7 Å². The van der Waals surface area contributed by atoms with Gasteiger partial charge in [-0.15, -0.1) is 0 Å². The Kier molecular flexibility index (Phi) is 5.77. The number of benzene rings is 2. The largest absolute Gasteiger partial charge is 0.504 e. The molecule has 6 nitrogen and oxygen atoms in total. The van der Waals surface area contributed by atoms with Crippen molar-refractivity contribution in [2.75, 3.05) is 34.5 Å². The zero-order valence-corrected chi connectivity index (χ0v) is 15.8. The molecule has 0 spiro atoms. The van der Waals surface area contributed by atoms with Crippen molar-refractivity contribution in [1.29, 1.82) is 0 Å². The Morgan fingerprint density at radius 1 is 0.889 bits per heavy atom. The van der Waals surface area contributed by atoms with Crippen molar-refractivity contribution in [2.24, 2.45) is 11.8 Å². The normalized spacial score (nSPS) is 21.4. The Morgan fingerprint density at radius 3 is 2.15 bits per heavy atom.